The molecule has 1 amide bonds. The van der Waals surface area contributed by atoms with Gasteiger partial charge >= 0.3 is 0 Å². The Kier molecular flexibility index (Phi) is 6.58. The number of hydrogen-bond donors (Lipinski definition) is 2. The van der Waals surface area contributed by atoms with Crippen LogP contribution in [0.5, 0.6) is 17.4 Å². The molecule has 0 saturated carbocycles. The summed E-state index contributed by atoms with van der Waals surface area (Å²) in [4.78, 5) is 16.7. The fourth-order valence-corrected chi connectivity index (χ4v) is 3.29. The first kappa shape index (κ1) is 21.6. The van der Waals surface area contributed by atoms with Crippen molar-refractivity contribution in [1.29, 1.82) is 0 Å². The molecule has 0 aliphatic rings. The summed E-state index contributed by atoms with van der Waals surface area (Å²) < 4.78 is 37.1. The maximum Gasteiger partial charge on any atom is 0.257 e. The van der Waals surface area contributed by atoms with Gasteiger partial charge in [-0.05, 0) is 48.5 Å². The third kappa shape index (κ3) is 5.94. The Labute approximate surface area is 182 Å². The van der Waals surface area contributed by atoms with Gasteiger partial charge in [-0.2, -0.15) is 0 Å². The van der Waals surface area contributed by atoms with E-state index < -0.39 is 15.9 Å². The number of nitrogens with zero attached hydrogens (tertiary/aromatic N) is 1. The summed E-state index contributed by atoms with van der Waals surface area (Å²) in [5.74, 6) is 0.882. The minimum Gasteiger partial charge on any atom is -0.495 e. The van der Waals surface area contributed by atoms with E-state index in [1.165, 1.54) is 19.4 Å². The van der Waals surface area contributed by atoms with E-state index in [9.17, 15) is 13.2 Å². The standard InChI is InChI=1S/C20H18BrN3O5S/c1-28-18-9-6-15(11-17(18)24-30(2,26)27)23-20(25)13-3-10-19(22-12-13)29-16-7-4-14(21)5-8-16/h3-12,24H,1-2H3,(H,23,25). The number of halogens is 1. The maximum atomic E-state index is 12.5. The molecule has 0 aliphatic carbocycles. The third-order valence-corrected chi connectivity index (χ3v) is 4.91. The number of rotatable bonds is 7. The molecule has 0 fully saturated rings. The Balaban J connectivity index is 1.71. The van der Waals surface area contributed by atoms with Crippen LogP contribution in [0.25, 0.3) is 0 Å². The van der Waals surface area contributed by atoms with E-state index in [4.69, 9.17) is 9.47 Å². The Bertz CT molecular complexity index is 1150. The van der Waals surface area contributed by atoms with Gasteiger partial charge in [-0.3, -0.25) is 9.52 Å². The Morgan fingerprint density at radius 3 is 2.40 bits per heavy atom. The van der Waals surface area contributed by atoms with Crippen LogP contribution in [0.15, 0.2) is 65.3 Å². The zero-order valence-electron chi connectivity index (χ0n) is 16.0. The number of methoxy groups -OCH3 is 1. The van der Waals surface area contributed by atoms with Gasteiger partial charge in [0.25, 0.3) is 5.91 Å². The van der Waals surface area contributed by atoms with Crippen LogP contribution in [0, 0.1) is 0 Å². The number of pyridine rings is 1. The number of benzene rings is 2. The van der Waals surface area contributed by atoms with Crippen molar-refractivity contribution in [1.82, 2.24) is 4.98 Å². The number of sulfonamides is 1. The molecule has 0 spiro atoms. The molecule has 10 heteroatoms. The van der Waals surface area contributed by atoms with Crippen molar-refractivity contribution in [3.05, 3.63) is 70.8 Å². The minimum absolute atomic E-state index is 0.217. The summed E-state index contributed by atoms with van der Waals surface area (Å²) in [6.45, 7) is 0. The average Bonchev–Trinajstić information content (AvgIpc) is 2.69. The van der Waals surface area contributed by atoms with E-state index in [1.54, 1.807) is 36.4 Å². The van der Waals surface area contributed by atoms with Crippen LogP contribution < -0.4 is 19.5 Å². The quantitative estimate of drug-likeness (QED) is 0.510. The lowest BCUT2D eigenvalue weighted by molar-refractivity contribution is 0.102. The third-order valence-electron chi connectivity index (χ3n) is 3.79. The van der Waals surface area contributed by atoms with E-state index >= 15 is 0 Å². The lowest BCUT2D eigenvalue weighted by Crippen LogP contribution is -2.14. The second-order valence-electron chi connectivity index (χ2n) is 6.18. The summed E-state index contributed by atoms with van der Waals surface area (Å²) in [7, 11) is -2.09. The normalized spacial score (nSPS) is 10.9. The van der Waals surface area contributed by atoms with Crippen molar-refractivity contribution in [2.45, 2.75) is 0 Å². The summed E-state index contributed by atoms with van der Waals surface area (Å²) in [6.07, 6.45) is 2.42. The number of nitrogens with one attached hydrogen (secondary N) is 2. The van der Waals surface area contributed by atoms with Gasteiger partial charge in [0.2, 0.25) is 15.9 Å². The molecule has 0 atom stereocenters. The number of carbonyl (C=O) groups excluding carboxylic acids is 1. The van der Waals surface area contributed by atoms with E-state index in [0.717, 1.165) is 10.7 Å². The maximum absolute atomic E-state index is 12.5. The lowest BCUT2D eigenvalue weighted by atomic mass is 10.2. The largest absolute Gasteiger partial charge is 0.495 e. The molecular formula is C20H18BrN3O5S. The zero-order chi connectivity index (χ0) is 21.7. The molecule has 1 heterocycles. The van der Waals surface area contributed by atoms with Crippen LogP contribution in [-0.4, -0.2) is 32.7 Å². The number of carbonyl (C=O) groups is 1. The first-order valence-electron chi connectivity index (χ1n) is 8.60. The predicted molar refractivity (Wildman–Crippen MR) is 118 cm³/mol. The number of amides is 1. The van der Waals surface area contributed by atoms with Crippen molar-refractivity contribution in [3.63, 3.8) is 0 Å². The first-order valence-corrected chi connectivity index (χ1v) is 11.3. The lowest BCUT2D eigenvalue weighted by Gasteiger charge is -2.12. The topological polar surface area (TPSA) is 107 Å². The molecule has 1 aromatic heterocycles. The molecular weight excluding hydrogens is 474 g/mol. The highest BCUT2D eigenvalue weighted by Gasteiger charge is 2.12. The Morgan fingerprint density at radius 2 is 1.80 bits per heavy atom. The number of hydrogen-bond acceptors (Lipinski definition) is 6. The highest BCUT2D eigenvalue weighted by molar-refractivity contribution is 9.10. The molecule has 3 aromatic rings. The fraction of sp³-hybridized carbons (Fsp3) is 0.100. The van der Waals surface area contributed by atoms with Crippen LogP contribution >= 0.6 is 15.9 Å². The molecule has 2 N–H and O–H groups in total. The second kappa shape index (κ2) is 9.14. The van der Waals surface area contributed by atoms with Gasteiger partial charge in [0.15, 0.2) is 0 Å². The van der Waals surface area contributed by atoms with E-state index in [1.807, 2.05) is 12.1 Å². The average molecular weight is 492 g/mol. The zero-order valence-corrected chi connectivity index (χ0v) is 18.5. The van der Waals surface area contributed by atoms with Gasteiger partial charge < -0.3 is 14.8 Å². The number of aromatic nitrogens is 1. The Hall–Kier alpha value is -3.11. The van der Waals surface area contributed by atoms with Gasteiger partial charge in [0.05, 0.1) is 24.6 Å². The van der Waals surface area contributed by atoms with Crippen LogP contribution in [0.2, 0.25) is 0 Å². The first-order chi connectivity index (χ1) is 14.2. The predicted octanol–water partition coefficient (Wildman–Crippen LogP) is 4.27. The van der Waals surface area contributed by atoms with Gasteiger partial charge in [0, 0.05) is 22.4 Å². The van der Waals surface area contributed by atoms with Crippen molar-refractivity contribution in [2.75, 3.05) is 23.4 Å². The van der Waals surface area contributed by atoms with Gasteiger partial charge in [-0.15, -0.1) is 0 Å². The van der Waals surface area contributed by atoms with E-state index in [-0.39, 0.29) is 5.69 Å². The van der Waals surface area contributed by atoms with Gasteiger partial charge in [-0.25, -0.2) is 13.4 Å². The van der Waals surface area contributed by atoms with Crippen molar-refractivity contribution >= 4 is 43.2 Å². The summed E-state index contributed by atoms with van der Waals surface area (Å²) in [6, 6.07) is 15.1. The van der Waals surface area contributed by atoms with Gasteiger partial charge in [-0.1, -0.05) is 15.9 Å². The van der Waals surface area contributed by atoms with Crippen LogP contribution in [0.3, 0.4) is 0 Å². The number of ether oxygens (including phenoxy) is 2. The smallest absolute Gasteiger partial charge is 0.257 e. The Morgan fingerprint density at radius 1 is 1.07 bits per heavy atom. The summed E-state index contributed by atoms with van der Waals surface area (Å²) >= 11 is 3.35. The summed E-state index contributed by atoms with van der Waals surface area (Å²) in [5.41, 5.74) is 0.919. The monoisotopic (exact) mass is 491 g/mol. The molecule has 2 aromatic carbocycles. The van der Waals surface area contributed by atoms with Crippen molar-refractivity contribution < 1.29 is 22.7 Å². The highest BCUT2D eigenvalue weighted by atomic mass is 79.9. The van der Waals surface area contributed by atoms with Crippen molar-refractivity contribution in [2.24, 2.45) is 0 Å². The highest BCUT2D eigenvalue weighted by Crippen LogP contribution is 2.29. The molecule has 0 saturated heterocycles. The second-order valence-corrected chi connectivity index (χ2v) is 8.85. The molecule has 30 heavy (non-hydrogen) atoms. The number of anilines is 2. The van der Waals surface area contributed by atoms with Crippen LogP contribution in [0.4, 0.5) is 11.4 Å². The molecule has 156 valence electrons. The van der Waals surface area contributed by atoms with Crippen molar-refractivity contribution in [3.8, 4) is 17.4 Å². The molecule has 8 nitrogen and oxygen atoms in total. The molecule has 0 unspecified atom stereocenters. The molecule has 3 rings (SSSR count). The fourth-order valence-electron chi connectivity index (χ4n) is 2.47. The van der Waals surface area contributed by atoms with Crippen LogP contribution in [0.1, 0.15) is 10.4 Å². The molecule has 0 bridgehead atoms. The SMILES string of the molecule is COc1ccc(NC(=O)c2ccc(Oc3ccc(Br)cc3)nc2)cc1NS(C)(=O)=O. The molecule has 0 aliphatic heterocycles. The van der Waals surface area contributed by atoms with Gasteiger partial charge in [0.1, 0.15) is 11.5 Å². The minimum atomic E-state index is -3.51. The van der Waals surface area contributed by atoms with E-state index in [0.29, 0.717) is 28.6 Å². The summed E-state index contributed by atoms with van der Waals surface area (Å²) in [5, 5.41) is 2.70. The van der Waals surface area contributed by atoms with E-state index in [2.05, 4.69) is 31.0 Å². The molecule has 0 radical (unpaired) electrons. The van der Waals surface area contributed by atoms with Crippen LogP contribution in [-0.2, 0) is 10.0 Å².